The van der Waals surface area contributed by atoms with E-state index in [-0.39, 0.29) is 12.0 Å². The van der Waals surface area contributed by atoms with Crippen molar-refractivity contribution >= 4 is 33.9 Å². The second-order valence-electron chi connectivity index (χ2n) is 7.56. The number of aromatic nitrogens is 3. The first kappa shape index (κ1) is 18.6. The quantitative estimate of drug-likeness (QED) is 0.536. The Morgan fingerprint density at radius 3 is 2.57 bits per heavy atom. The minimum atomic E-state index is -0.246. The Morgan fingerprint density at radius 1 is 1.10 bits per heavy atom. The lowest BCUT2D eigenvalue weighted by molar-refractivity contribution is 0.0859. The second kappa shape index (κ2) is 7.76. The van der Waals surface area contributed by atoms with Crippen LogP contribution in [0, 0.1) is 0 Å². The van der Waals surface area contributed by atoms with E-state index in [2.05, 4.69) is 5.32 Å². The summed E-state index contributed by atoms with van der Waals surface area (Å²) in [6.07, 6.45) is 2.03. The standard InChI is InChI=1S/C23H23N5O2/c24-21-19(23(29)25-13-16-9-6-12-30-16)20-22(27-18-11-5-4-10-17(18)26-20)28(21)14-15-7-2-1-3-8-15/h1-5,7-8,10-11,16H,6,9,12-14,24H2,(H,25,29)/t16-/m1/s1. The van der Waals surface area contributed by atoms with Crippen LogP contribution in [0.3, 0.4) is 0 Å². The number of rotatable bonds is 5. The highest BCUT2D eigenvalue weighted by Gasteiger charge is 2.25. The van der Waals surface area contributed by atoms with Gasteiger partial charge in [0.25, 0.3) is 5.91 Å². The van der Waals surface area contributed by atoms with Crippen LogP contribution in [0.4, 0.5) is 5.82 Å². The fourth-order valence-corrected chi connectivity index (χ4v) is 3.97. The number of anilines is 1. The predicted molar refractivity (Wildman–Crippen MR) is 116 cm³/mol. The number of carbonyl (C=O) groups excluding carboxylic acids is 1. The summed E-state index contributed by atoms with van der Waals surface area (Å²) in [6.45, 7) is 1.72. The van der Waals surface area contributed by atoms with E-state index >= 15 is 0 Å². The number of nitrogen functional groups attached to an aromatic ring is 1. The highest BCUT2D eigenvalue weighted by Crippen LogP contribution is 2.28. The van der Waals surface area contributed by atoms with Gasteiger partial charge in [0.15, 0.2) is 5.65 Å². The normalized spacial score (nSPS) is 16.3. The zero-order chi connectivity index (χ0) is 20.5. The molecule has 0 radical (unpaired) electrons. The Hall–Kier alpha value is -3.45. The molecule has 0 bridgehead atoms. The van der Waals surface area contributed by atoms with Crippen molar-refractivity contribution in [2.24, 2.45) is 0 Å². The fourth-order valence-electron chi connectivity index (χ4n) is 3.97. The predicted octanol–water partition coefficient (Wildman–Crippen LogP) is 3.12. The molecule has 1 amide bonds. The first-order valence-electron chi connectivity index (χ1n) is 10.2. The first-order chi connectivity index (χ1) is 14.7. The van der Waals surface area contributed by atoms with E-state index in [1.165, 1.54) is 0 Å². The van der Waals surface area contributed by atoms with Crippen LogP contribution in [0.25, 0.3) is 22.2 Å². The summed E-state index contributed by atoms with van der Waals surface area (Å²) in [6, 6.07) is 17.6. The number of nitrogens with one attached hydrogen (secondary N) is 1. The maximum Gasteiger partial charge on any atom is 0.257 e. The molecule has 1 atom stereocenters. The molecule has 7 nitrogen and oxygen atoms in total. The molecule has 4 aromatic rings. The van der Waals surface area contributed by atoms with Crippen molar-refractivity contribution in [2.75, 3.05) is 18.9 Å². The molecule has 2 aromatic heterocycles. The monoisotopic (exact) mass is 401 g/mol. The number of ether oxygens (including phenoxy) is 1. The smallest absolute Gasteiger partial charge is 0.257 e. The van der Waals surface area contributed by atoms with Crippen LogP contribution >= 0.6 is 0 Å². The molecular weight excluding hydrogens is 378 g/mol. The number of hydrogen-bond acceptors (Lipinski definition) is 5. The molecule has 0 spiro atoms. The highest BCUT2D eigenvalue weighted by atomic mass is 16.5. The molecule has 1 aliphatic rings. The van der Waals surface area contributed by atoms with Crippen molar-refractivity contribution in [3.8, 4) is 0 Å². The average Bonchev–Trinajstić information content (AvgIpc) is 3.38. The van der Waals surface area contributed by atoms with Gasteiger partial charge in [0.1, 0.15) is 16.9 Å². The largest absolute Gasteiger partial charge is 0.384 e. The third-order valence-electron chi connectivity index (χ3n) is 5.52. The number of amides is 1. The summed E-state index contributed by atoms with van der Waals surface area (Å²) < 4.78 is 7.49. The number of benzene rings is 2. The summed E-state index contributed by atoms with van der Waals surface area (Å²) in [5.41, 5.74) is 10.6. The Labute approximate surface area is 173 Å². The van der Waals surface area contributed by atoms with Gasteiger partial charge in [-0.2, -0.15) is 0 Å². The first-order valence-corrected chi connectivity index (χ1v) is 10.2. The molecule has 30 heavy (non-hydrogen) atoms. The van der Waals surface area contributed by atoms with E-state index in [9.17, 15) is 4.79 Å². The Morgan fingerprint density at radius 2 is 1.83 bits per heavy atom. The molecule has 3 heterocycles. The number of hydrogen-bond donors (Lipinski definition) is 2. The minimum Gasteiger partial charge on any atom is -0.384 e. The zero-order valence-electron chi connectivity index (χ0n) is 16.5. The number of nitrogens with two attached hydrogens (primary N) is 1. The van der Waals surface area contributed by atoms with Crippen LogP contribution < -0.4 is 11.1 Å². The van der Waals surface area contributed by atoms with Crippen molar-refractivity contribution in [2.45, 2.75) is 25.5 Å². The van der Waals surface area contributed by atoms with Crippen LogP contribution in [0.15, 0.2) is 54.6 Å². The molecule has 3 N–H and O–H groups in total. The Bertz CT molecular complexity index is 1210. The summed E-state index contributed by atoms with van der Waals surface area (Å²) >= 11 is 0. The van der Waals surface area contributed by atoms with E-state index in [1.54, 1.807) is 0 Å². The molecule has 152 valence electrons. The zero-order valence-corrected chi connectivity index (χ0v) is 16.5. The third kappa shape index (κ3) is 3.37. The van der Waals surface area contributed by atoms with Crippen molar-refractivity contribution in [1.82, 2.24) is 19.9 Å². The Balaban J connectivity index is 1.60. The summed E-state index contributed by atoms with van der Waals surface area (Å²) in [7, 11) is 0. The van der Waals surface area contributed by atoms with Crippen LogP contribution in [0.1, 0.15) is 28.8 Å². The van der Waals surface area contributed by atoms with Crippen LogP contribution in [-0.2, 0) is 11.3 Å². The van der Waals surface area contributed by atoms with Crippen LogP contribution in [0.2, 0.25) is 0 Å². The van der Waals surface area contributed by atoms with Gasteiger partial charge in [-0.05, 0) is 30.5 Å². The maximum absolute atomic E-state index is 13.1. The lowest BCUT2D eigenvalue weighted by Gasteiger charge is -2.11. The van der Waals surface area contributed by atoms with Crippen molar-refractivity contribution in [3.63, 3.8) is 0 Å². The number of para-hydroxylation sites is 2. The van der Waals surface area contributed by atoms with Crippen LogP contribution in [-0.4, -0.2) is 39.7 Å². The fraction of sp³-hybridized carbons (Fsp3) is 0.261. The molecule has 1 saturated heterocycles. The highest BCUT2D eigenvalue weighted by molar-refractivity contribution is 6.10. The SMILES string of the molecule is Nc1c(C(=O)NC[C@H]2CCCO2)c2nc3ccccc3nc2n1Cc1ccccc1. The lowest BCUT2D eigenvalue weighted by atomic mass is 10.2. The molecule has 5 rings (SSSR count). The van der Waals surface area contributed by atoms with E-state index in [1.807, 2.05) is 59.2 Å². The van der Waals surface area contributed by atoms with Crippen molar-refractivity contribution < 1.29 is 9.53 Å². The molecule has 0 saturated carbocycles. The second-order valence-corrected chi connectivity index (χ2v) is 7.56. The van der Waals surface area contributed by atoms with E-state index in [4.69, 9.17) is 20.4 Å². The minimum absolute atomic E-state index is 0.0553. The van der Waals surface area contributed by atoms with Gasteiger partial charge in [-0.25, -0.2) is 9.97 Å². The lowest BCUT2D eigenvalue weighted by Crippen LogP contribution is -2.32. The van der Waals surface area contributed by atoms with Crippen molar-refractivity contribution in [1.29, 1.82) is 0 Å². The molecule has 0 unspecified atom stereocenters. The van der Waals surface area contributed by atoms with Gasteiger partial charge in [-0.15, -0.1) is 0 Å². The number of nitrogens with zero attached hydrogens (tertiary/aromatic N) is 3. The van der Waals surface area contributed by atoms with E-state index in [0.717, 1.165) is 36.0 Å². The summed E-state index contributed by atoms with van der Waals surface area (Å²) in [4.78, 5) is 22.6. The Kier molecular flexibility index (Phi) is 4.80. The summed E-state index contributed by atoms with van der Waals surface area (Å²) in [5, 5.41) is 2.97. The van der Waals surface area contributed by atoms with Gasteiger partial charge in [0.05, 0.1) is 23.7 Å². The molecule has 1 aliphatic heterocycles. The third-order valence-corrected chi connectivity index (χ3v) is 5.52. The van der Waals surface area contributed by atoms with Crippen LogP contribution in [0.5, 0.6) is 0 Å². The molecule has 0 aliphatic carbocycles. The molecule has 1 fully saturated rings. The van der Waals surface area contributed by atoms with Gasteiger partial charge in [0.2, 0.25) is 0 Å². The average molecular weight is 401 g/mol. The van der Waals surface area contributed by atoms with E-state index in [0.29, 0.717) is 35.6 Å². The van der Waals surface area contributed by atoms with Gasteiger partial charge >= 0.3 is 0 Å². The number of fused-ring (bicyclic) bond motifs is 2. The van der Waals surface area contributed by atoms with Gasteiger partial charge < -0.3 is 20.4 Å². The molecule has 2 aromatic carbocycles. The topological polar surface area (TPSA) is 95.1 Å². The number of carbonyl (C=O) groups is 1. The van der Waals surface area contributed by atoms with Gasteiger partial charge in [-0.1, -0.05) is 42.5 Å². The van der Waals surface area contributed by atoms with Gasteiger partial charge in [0, 0.05) is 13.2 Å². The maximum atomic E-state index is 13.1. The molecular formula is C23H23N5O2. The van der Waals surface area contributed by atoms with E-state index < -0.39 is 0 Å². The van der Waals surface area contributed by atoms with Gasteiger partial charge in [-0.3, -0.25) is 4.79 Å². The summed E-state index contributed by atoms with van der Waals surface area (Å²) in [5.74, 6) is 0.124. The molecule has 7 heteroatoms. The van der Waals surface area contributed by atoms with Crippen molar-refractivity contribution in [3.05, 3.63) is 65.7 Å².